The van der Waals surface area contributed by atoms with Gasteiger partial charge in [0.2, 0.25) is 0 Å². The summed E-state index contributed by atoms with van der Waals surface area (Å²) in [5.74, 6) is 1.13. The minimum atomic E-state index is -0.741. The molecule has 8 nitrogen and oxygen atoms in total. The van der Waals surface area contributed by atoms with Crippen LogP contribution in [0.25, 0.3) is 10.9 Å². The maximum Gasteiger partial charge on any atom is 0.407 e. The zero-order chi connectivity index (χ0) is 20.2. The number of fused-ring (bicyclic) bond motifs is 1. The van der Waals surface area contributed by atoms with Crippen molar-refractivity contribution in [3.05, 3.63) is 78.0 Å². The summed E-state index contributed by atoms with van der Waals surface area (Å²) in [7, 11) is 1.27. The Labute approximate surface area is 165 Å². The van der Waals surface area contributed by atoms with Crippen molar-refractivity contribution in [3.8, 4) is 0 Å². The molecule has 0 bridgehead atoms. The Morgan fingerprint density at radius 2 is 1.90 bits per heavy atom. The minimum Gasteiger partial charge on any atom is -0.453 e. The Kier molecular flexibility index (Phi) is 5.02. The normalized spacial score (nSPS) is 11.8. The second kappa shape index (κ2) is 7.93. The van der Waals surface area contributed by atoms with Crippen LogP contribution in [0, 0.1) is 5.82 Å². The van der Waals surface area contributed by atoms with Gasteiger partial charge in [0, 0.05) is 11.5 Å². The third kappa shape index (κ3) is 3.98. The summed E-state index contributed by atoms with van der Waals surface area (Å²) in [5, 5.41) is 13.4. The molecule has 0 aliphatic rings. The van der Waals surface area contributed by atoms with Crippen LogP contribution >= 0.6 is 0 Å². The monoisotopic (exact) mass is 392 g/mol. The van der Waals surface area contributed by atoms with Gasteiger partial charge in [0.15, 0.2) is 5.82 Å². The Hall–Kier alpha value is -4.01. The van der Waals surface area contributed by atoms with Crippen LogP contribution in [0.4, 0.5) is 20.8 Å². The standard InChI is InChI=1S/C20H17FN6O2/c1-29-20(28)25-17(12-6-8-13(21)9-7-12)19-23-15-5-3-2-4-14(15)18(26-19)24-16-10-11-22-27-16/h2-11,17H,1H3,(H,25,28)(H2,22,23,24,26,27). The summed E-state index contributed by atoms with van der Waals surface area (Å²) in [5.41, 5.74) is 1.29. The highest BCUT2D eigenvalue weighted by Gasteiger charge is 2.22. The van der Waals surface area contributed by atoms with E-state index in [9.17, 15) is 9.18 Å². The number of hydrogen-bond donors (Lipinski definition) is 3. The molecule has 3 N–H and O–H groups in total. The number of rotatable bonds is 5. The molecule has 146 valence electrons. The van der Waals surface area contributed by atoms with Crippen molar-refractivity contribution in [1.82, 2.24) is 25.5 Å². The molecule has 0 aliphatic heterocycles. The fraction of sp³-hybridized carbons (Fsp3) is 0.100. The van der Waals surface area contributed by atoms with E-state index >= 15 is 0 Å². The molecule has 2 heterocycles. The van der Waals surface area contributed by atoms with Crippen molar-refractivity contribution in [3.63, 3.8) is 0 Å². The predicted molar refractivity (Wildman–Crippen MR) is 105 cm³/mol. The van der Waals surface area contributed by atoms with Gasteiger partial charge in [0.1, 0.15) is 23.5 Å². The van der Waals surface area contributed by atoms with Gasteiger partial charge in [-0.25, -0.2) is 19.2 Å². The van der Waals surface area contributed by atoms with Crippen LogP contribution in [0.1, 0.15) is 17.4 Å². The topological polar surface area (TPSA) is 105 Å². The highest BCUT2D eigenvalue weighted by Crippen LogP contribution is 2.27. The van der Waals surface area contributed by atoms with Crippen molar-refractivity contribution >= 4 is 28.6 Å². The first kappa shape index (κ1) is 18.4. The number of para-hydroxylation sites is 1. The Bertz CT molecular complexity index is 1130. The molecule has 4 rings (SSSR count). The molecule has 0 spiro atoms. The van der Waals surface area contributed by atoms with Crippen LogP contribution in [0.2, 0.25) is 0 Å². The summed E-state index contributed by atoms with van der Waals surface area (Å²) < 4.78 is 18.1. The van der Waals surface area contributed by atoms with Crippen molar-refractivity contribution < 1.29 is 13.9 Å². The average Bonchev–Trinajstić information content (AvgIpc) is 3.25. The first-order valence-corrected chi connectivity index (χ1v) is 8.77. The van der Waals surface area contributed by atoms with E-state index in [1.807, 2.05) is 24.3 Å². The molecule has 1 amide bonds. The molecule has 2 aromatic heterocycles. The number of carbonyl (C=O) groups is 1. The van der Waals surface area contributed by atoms with Gasteiger partial charge < -0.3 is 15.4 Å². The van der Waals surface area contributed by atoms with Gasteiger partial charge in [-0.05, 0) is 29.8 Å². The SMILES string of the molecule is COC(=O)NC(c1ccc(F)cc1)c1nc(Nc2ccn[nH]2)c2ccccc2n1. The molecule has 0 aliphatic carbocycles. The smallest absolute Gasteiger partial charge is 0.407 e. The molecule has 0 fully saturated rings. The Morgan fingerprint density at radius 1 is 1.10 bits per heavy atom. The van der Waals surface area contributed by atoms with Gasteiger partial charge >= 0.3 is 6.09 Å². The molecule has 0 saturated carbocycles. The van der Waals surface area contributed by atoms with Crippen LogP contribution < -0.4 is 10.6 Å². The Morgan fingerprint density at radius 3 is 2.62 bits per heavy atom. The largest absolute Gasteiger partial charge is 0.453 e. The van der Waals surface area contributed by atoms with E-state index in [0.29, 0.717) is 28.5 Å². The van der Waals surface area contributed by atoms with Crippen LogP contribution in [0.3, 0.4) is 0 Å². The summed E-state index contributed by atoms with van der Waals surface area (Å²) in [6.07, 6.45) is 0.964. The van der Waals surface area contributed by atoms with Crippen molar-refractivity contribution in [2.45, 2.75) is 6.04 Å². The molecule has 4 aromatic rings. The molecule has 9 heteroatoms. The summed E-state index contributed by atoms with van der Waals surface area (Å²) >= 11 is 0. The molecule has 0 saturated heterocycles. The number of nitrogens with zero attached hydrogens (tertiary/aromatic N) is 3. The van der Waals surface area contributed by atoms with E-state index in [0.717, 1.165) is 5.39 Å². The minimum absolute atomic E-state index is 0.322. The van der Waals surface area contributed by atoms with Crippen molar-refractivity contribution in [2.75, 3.05) is 12.4 Å². The molecule has 1 unspecified atom stereocenters. The summed E-state index contributed by atoms with van der Waals surface area (Å²) in [6, 6.07) is 14.3. The van der Waals surface area contributed by atoms with Crippen molar-refractivity contribution in [2.24, 2.45) is 0 Å². The maximum absolute atomic E-state index is 13.4. The van der Waals surface area contributed by atoms with Gasteiger partial charge in [-0.15, -0.1) is 0 Å². The number of nitrogens with one attached hydrogen (secondary N) is 3. The molecule has 29 heavy (non-hydrogen) atoms. The lowest BCUT2D eigenvalue weighted by molar-refractivity contribution is 0.168. The number of carbonyl (C=O) groups excluding carboxylic acids is 1. The number of aromatic amines is 1. The average molecular weight is 392 g/mol. The van der Waals surface area contributed by atoms with E-state index in [-0.39, 0.29) is 5.82 Å². The number of anilines is 2. The van der Waals surface area contributed by atoms with Crippen LogP contribution in [0.15, 0.2) is 60.8 Å². The van der Waals surface area contributed by atoms with Gasteiger partial charge in [-0.2, -0.15) is 5.10 Å². The lowest BCUT2D eigenvalue weighted by atomic mass is 10.1. The lowest BCUT2D eigenvalue weighted by Crippen LogP contribution is -2.30. The fourth-order valence-corrected chi connectivity index (χ4v) is 2.90. The third-order valence-electron chi connectivity index (χ3n) is 4.28. The number of H-pyrrole nitrogens is 1. The highest BCUT2D eigenvalue weighted by atomic mass is 19.1. The van der Waals surface area contributed by atoms with Gasteiger partial charge in [-0.1, -0.05) is 24.3 Å². The molecule has 1 atom stereocenters. The van der Waals surface area contributed by atoms with Crippen LogP contribution in [-0.4, -0.2) is 33.4 Å². The van der Waals surface area contributed by atoms with E-state index in [2.05, 4.69) is 30.8 Å². The maximum atomic E-state index is 13.4. The highest BCUT2D eigenvalue weighted by molar-refractivity contribution is 5.90. The number of ether oxygens (including phenoxy) is 1. The molecular weight excluding hydrogens is 375 g/mol. The van der Waals surface area contributed by atoms with E-state index in [1.54, 1.807) is 24.4 Å². The number of halogens is 1. The zero-order valence-corrected chi connectivity index (χ0v) is 15.4. The zero-order valence-electron chi connectivity index (χ0n) is 15.4. The quantitative estimate of drug-likeness (QED) is 0.479. The van der Waals surface area contributed by atoms with Gasteiger partial charge in [0.05, 0.1) is 18.8 Å². The van der Waals surface area contributed by atoms with Crippen LogP contribution in [0.5, 0.6) is 0 Å². The number of methoxy groups -OCH3 is 1. The fourth-order valence-electron chi connectivity index (χ4n) is 2.90. The number of alkyl carbamates (subject to hydrolysis) is 1. The first-order chi connectivity index (χ1) is 14.1. The second-order valence-corrected chi connectivity index (χ2v) is 6.16. The van der Waals surface area contributed by atoms with Gasteiger partial charge in [-0.3, -0.25) is 5.10 Å². The predicted octanol–water partition coefficient (Wildman–Crippen LogP) is 3.68. The van der Waals surface area contributed by atoms with E-state index < -0.39 is 12.1 Å². The van der Waals surface area contributed by atoms with Crippen molar-refractivity contribution in [1.29, 1.82) is 0 Å². The first-order valence-electron chi connectivity index (χ1n) is 8.77. The van der Waals surface area contributed by atoms with Crippen LogP contribution in [-0.2, 0) is 4.74 Å². The number of benzene rings is 2. The van der Waals surface area contributed by atoms with E-state index in [4.69, 9.17) is 4.74 Å². The molecular formula is C20H17FN6O2. The number of aromatic nitrogens is 4. The Balaban J connectivity index is 1.83. The second-order valence-electron chi connectivity index (χ2n) is 6.16. The molecule has 2 aromatic carbocycles. The number of hydrogen-bond acceptors (Lipinski definition) is 6. The molecule has 0 radical (unpaired) electrons. The van der Waals surface area contributed by atoms with E-state index in [1.165, 1.54) is 19.2 Å². The van der Waals surface area contributed by atoms with Gasteiger partial charge in [0.25, 0.3) is 0 Å². The summed E-state index contributed by atoms with van der Waals surface area (Å²) in [6.45, 7) is 0. The third-order valence-corrected chi connectivity index (χ3v) is 4.28. The number of amides is 1. The summed E-state index contributed by atoms with van der Waals surface area (Å²) in [4.78, 5) is 21.2. The lowest BCUT2D eigenvalue weighted by Gasteiger charge is -2.19.